The molecule has 1 aromatic heterocycles. The molecular weight excluding hydrogens is 316 g/mol. The number of morpholine rings is 1. The molecule has 7 heteroatoms. The zero-order valence-electron chi connectivity index (χ0n) is 13.4. The fourth-order valence-corrected chi connectivity index (χ4v) is 3.53. The predicted octanol–water partition coefficient (Wildman–Crippen LogP) is 2.80. The quantitative estimate of drug-likeness (QED) is 0.860. The van der Waals surface area contributed by atoms with Gasteiger partial charge < -0.3 is 9.26 Å². The van der Waals surface area contributed by atoms with Crippen molar-refractivity contribution < 1.29 is 18.0 Å². The molecule has 1 saturated carbocycles. The van der Waals surface area contributed by atoms with Gasteiger partial charge >= 0.3 is 0 Å². The van der Waals surface area contributed by atoms with Gasteiger partial charge in [0.2, 0.25) is 5.89 Å². The highest BCUT2D eigenvalue weighted by atomic mass is 19.3. The number of rotatable bonds is 4. The van der Waals surface area contributed by atoms with Crippen molar-refractivity contribution in [2.24, 2.45) is 5.92 Å². The van der Waals surface area contributed by atoms with Gasteiger partial charge in [0, 0.05) is 25.9 Å². The van der Waals surface area contributed by atoms with E-state index in [0.717, 1.165) is 0 Å². The summed E-state index contributed by atoms with van der Waals surface area (Å²) >= 11 is 0. The number of nitrogens with zero attached hydrogens (tertiary/aromatic N) is 3. The lowest BCUT2D eigenvalue weighted by Crippen LogP contribution is -2.41. The van der Waals surface area contributed by atoms with Gasteiger partial charge in [-0.3, -0.25) is 4.90 Å². The van der Waals surface area contributed by atoms with Crippen LogP contribution < -0.4 is 0 Å². The van der Waals surface area contributed by atoms with Crippen molar-refractivity contribution in [3.8, 4) is 0 Å². The topological polar surface area (TPSA) is 51.4 Å². The molecule has 128 valence electrons. The van der Waals surface area contributed by atoms with Gasteiger partial charge in [0.1, 0.15) is 0 Å². The monoisotopic (exact) mass is 335 g/mol. The molecule has 2 fully saturated rings. The SMILES string of the molecule is Cc1nc(C2COCCN2C[C@@H]2[C@@H](c3ccccc3)C2(F)F)no1. The Bertz CT molecular complexity index is 707. The number of aromatic nitrogens is 2. The van der Waals surface area contributed by atoms with Crippen LogP contribution in [0, 0.1) is 12.8 Å². The standard InChI is InChI=1S/C17H19F2N3O2/c1-11-20-16(21-24-11)14-10-23-8-7-22(14)9-13-15(17(13,18)19)12-5-3-2-4-6-12/h2-6,13-15H,7-10H2,1H3/t13-,14?,15-/m1/s1. The molecule has 2 heterocycles. The van der Waals surface area contributed by atoms with E-state index in [2.05, 4.69) is 10.1 Å². The fourth-order valence-electron chi connectivity index (χ4n) is 3.53. The van der Waals surface area contributed by atoms with Crippen LogP contribution in [0.5, 0.6) is 0 Å². The van der Waals surface area contributed by atoms with Crippen LogP contribution in [0.15, 0.2) is 34.9 Å². The molecule has 4 rings (SSSR count). The molecule has 0 amide bonds. The van der Waals surface area contributed by atoms with Crippen molar-refractivity contribution >= 4 is 0 Å². The fraction of sp³-hybridized carbons (Fsp3) is 0.529. The molecule has 1 aliphatic heterocycles. The van der Waals surface area contributed by atoms with Crippen LogP contribution in [0.3, 0.4) is 0 Å². The van der Waals surface area contributed by atoms with E-state index in [1.807, 2.05) is 11.0 Å². The molecule has 1 saturated heterocycles. The molecule has 24 heavy (non-hydrogen) atoms. The first-order chi connectivity index (χ1) is 11.6. The van der Waals surface area contributed by atoms with Gasteiger partial charge in [0.25, 0.3) is 5.92 Å². The molecule has 3 atom stereocenters. The minimum Gasteiger partial charge on any atom is -0.378 e. The second kappa shape index (κ2) is 5.89. The average Bonchev–Trinajstić information content (AvgIpc) is 2.91. The van der Waals surface area contributed by atoms with Crippen LogP contribution in [0.1, 0.15) is 29.2 Å². The lowest BCUT2D eigenvalue weighted by atomic mass is 10.1. The van der Waals surface area contributed by atoms with Gasteiger partial charge in [-0.05, 0) is 5.56 Å². The molecule has 1 aromatic carbocycles. The molecule has 2 aliphatic rings. The van der Waals surface area contributed by atoms with Gasteiger partial charge in [-0.1, -0.05) is 35.5 Å². The number of hydrogen-bond acceptors (Lipinski definition) is 5. The summed E-state index contributed by atoms with van der Waals surface area (Å²) in [7, 11) is 0. The summed E-state index contributed by atoms with van der Waals surface area (Å²) in [6, 6.07) is 8.77. The summed E-state index contributed by atoms with van der Waals surface area (Å²) in [5, 5.41) is 3.94. The van der Waals surface area contributed by atoms with Crippen molar-refractivity contribution in [1.82, 2.24) is 15.0 Å². The first-order valence-electron chi connectivity index (χ1n) is 8.12. The van der Waals surface area contributed by atoms with Gasteiger partial charge in [-0.2, -0.15) is 4.98 Å². The van der Waals surface area contributed by atoms with Crippen molar-refractivity contribution in [2.75, 3.05) is 26.3 Å². The largest absolute Gasteiger partial charge is 0.378 e. The van der Waals surface area contributed by atoms with Crippen LogP contribution in [0.25, 0.3) is 0 Å². The van der Waals surface area contributed by atoms with E-state index in [1.165, 1.54) is 0 Å². The normalized spacial score (nSPS) is 29.5. The summed E-state index contributed by atoms with van der Waals surface area (Å²) < 4.78 is 39.2. The number of halogens is 2. The van der Waals surface area contributed by atoms with E-state index >= 15 is 0 Å². The predicted molar refractivity (Wildman–Crippen MR) is 81.8 cm³/mol. The summed E-state index contributed by atoms with van der Waals surface area (Å²) in [5.74, 6) is -3.10. The number of alkyl halides is 2. The molecule has 0 N–H and O–H groups in total. The first kappa shape index (κ1) is 15.7. The highest BCUT2D eigenvalue weighted by Crippen LogP contribution is 2.62. The summed E-state index contributed by atoms with van der Waals surface area (Å²) in [4.78, 5) is 6.23. The Balaban J connectivity index is 1.51. The van der Waals surface area contributed by atoms with Crippen molar-refractivity contribution in [3.63, 3.8) is 0 Å². The Morgan fingerprint density at radius 1 is 1.29 bits per heavy atom. The van der Waals surface area contributed by atoms with E-state index in [0.29, 0.717) is 43.6 Å². The minimum atomic E-state index is -2.67. The molecule has 5 nitrogen and oxygen atoms in total. The van der Waals surface area contributed by atoms with E-state index in [9.17, 15) is 8.78 Å². The average molecular weight is 335 g/mol. The Morgan fingerprint density at radius 3 is 2.79 bits per heavy atom. The molecule has 2 aromatic rings. The van der Waals surface area contributed by atoms with Gasteiger partial charge in [-0.15, -0.1) is 0 Å². The lowest BCUT2D eigenvalue weighted by Gasteiger charge is -2.33. The third-order valence-corrected chi connectivity index (χ3v) is 4.87. The molecule has 0 radical (unpaired) electrons. The van der Waals surface area contributed by atoms with Crippen molar-refractivity contribution in [3.05, 3.63) is 47.6 Å². The van der Waals surface area contributed by atoms with Crippen LogP contribution in [-0.2, 0) is 4.74 Å². The number of hydrogen-bond donors (Lipinski definition) is 0. The summed E-state index contributed by atoms with van der Waals surface area (Å²) in [6.45, 7) is 3.53. The van der Waals surface area contributed by atoms with Crippen LogP contribution in [0.4, 0.5) is 8.78 Å². The molecule has 1 unspecified atom stereocenters. The molecule has 1 aliphatic carbocycles. The maximum atomic E-state index is 14.3. The van der Waals surface area contributed by atoms with Crippen LogP contribution >= 0.6 is 0 Å². The summed E-state index contributed by atoms with van der Waals surface area (Å²) in [5.41, 5.74) is 0.702. The third kappa shape index (κ3) is 2.71. The van der Waals surface area contributed by atoms with Gasteiger partial charge in [0.15, 0.2) is 5.82 Å². The molecular formula is C17H19F2N3O2. The van der Waals surface area contributed by atoms with E-state index in [-0.39, 0.29) is 6.04 Å². The van der Waals surface area contributed by atoms with Crippen LogP contribution in [-0.4, -0.2) is 47.3 Å². The van der Waals surface area contributed by atoms with Crippen LogP contribution in [0.2, 0.25) is 0 Å². The van der Waals surface area contributed by atoms with Gasteiger partial charge in [-0.25, -0.2) is 8.78 Å². The Kier molecular flexibility index (Phi) is 3.85. The number of aryl methyl sites for hydroxylation is 1. The zero-order valence-corrected chi connectivity index (χ0v) is 13.4. The zero-order chi connectivity index (χ0) is 16.7. The first-order valence-corrected chi connectivity index (χ1v) is 8.12. The lowest BCUT2D eigenvalue weighted by molar-refractivity contribution is -0.0213. The maximum Gasteiger partial charge on any atom is 0.260 e. The Hall–Kier alpha value is -1.86. The summed E-state index contributed by atoms with van der Waals surface area (Å²) in [6.07, 6.45) is 0. The second-order valence-electron chi connectivity index (χ2n) is 6.43. The second-order valence-corrected chi connectivity index (χ2v) is 6.43. The Morgan fingerprint density at radius 2 is 2.08 bits per heavy atom. The smallest absolute Gasteiger partial charge is 0.260 e. The van der Waals surface area contributed by atoms with E-state index in [4.69, 9.17) is 9.26 Å². The third-order valence-electron chi connectivity index (χ3n) is 4.87. The Labute approximate surface area is 138 Å². The number of benzene rings is 1. The minimum absolute atomic E-state index is 0.232. The molecule has 0 bridgehead atoms. The van der Waals surface area contributed by atoms with E-state index < -0.39 is 17.8 Å². The van der Waals surface area contributed by atoms with Gasteiger partial charge in [0.05, 0.1) is 25.2 Å². The van der Waals surface area contributed by atoms with Crippen molar-refractivity contribution in [1.29, 1.82) is 0 Å². The van der Waals surface area contributed by atoms with Crippen molar-refractivity contribution in [2.45, 2.75) is 24.8 Å². The number of ether oxygens (including phenoxy) is 1. The molecule has 0 spiro atoms. The maximum absolute atomic E-state index is 14.3. The van der Waals surface area contributed by atoms with E-state index in [1.54, 1.807) is 31.2 Å². The highest BCUT2D eigenvalue weighted by molar-refractivity contribution is 5.32. The highest BCUT2D eigenvalue weighted by Gasteiger charge is 2.68.